The summed E-state index contributed by atoms with van der Waals surface area (Å²) in [5.41, 5.74) is 0.329. The second kappa shape index (κ2) is 9.56. The van der Waals surface area contributed by atoms with Gasteiger partial charge in [-0.3, -0.25) is 4.79 Å². The summed E-state index contributed by atoms with van der Waals surface area (Å²) in [5.74, 6) is 0.230. The van der Waals surface area contributed by atoms with E-state index in [9.17, 15) is 4.79 Å². The summed E-state index contributed by atoms with van der Waals surface area (Å²) in [6.45, 7) is 8.21. The van der Waals surface area contributed by atoms with Crippen molar-refractivity contribution in [2.24, 2.45) is 5.41 Å². The van der Waals surface area contributed by atoms with Gasteiger partial charge in [0.15, 0.2) is 0 Å². The molecule has 0 aliphatic carbocycles. The molecule has 1 unspecified atom stereocenters. The van der Waals surface area contributed by atoms with E-state index in [0.29, 0.717) is 18.6 Å². The zero-order chi connectivity index (χ0) is 13.4. The molecule has 1 fully saturated rings. The lowest BCUT2D eigenvalue weighted by atomic mass is 9.78. The molecule has 114 valence electrons. The molecule has 1 aliphatic heterocycles. The Kier molecular flexibility index (Phi) is 9.40. The van der Waals surface area contributed by atoms with Crippen LogP contribution in [-0.2, 0) is 9.53 Å². The predicted molar refractivity (Wildman–Crippen MR) is 80.8 cm³/mol. The summed E-state index contributed by atoms with van der Waals surface area (Å²) in [6.07, 6.45) is 4.81. The van der Waals surface area contributed by atoms with Gasteiger partial charge in [-0.2, -0.15) is 0 Å². The van der Waals surface area contributed by atoms with E-state index in [1.807, 2.05) is 4.90 Å². The van der Waals surface area contributed by atoms with Crippen LogP contribution in [0.15, 0.2) is 0 Å². The quantitative estimate of drug-likeness (QED) is 0.731. The molecule has 1 atom stereocenters. The Hall–Kier alpha value is -0.320. The Balaban J connectivity index is 0.00000324. The van der Waals surface area contributed by atoms with Crippen molar-refractivity contribution in [3.8, 4) is 0 Å². The normalized spacial score (nSPS) is 23.0. The molecule has 0 aromatic heterocycles. The minimum Gasteiger partial charge on any atom is -0.383 e. The highest BCUT2D eigenvalue weighted by molar-refractivity contribution is 5.85. The number of amides is 1. The molecule has 1 saturated heterocycles. The van der Waals surface area contributed by atoms with Crippen LogP contribution in [0.3, 0.4) is 0 Å². The molecule has 4 nitrogen and oxygen atoms in total. The molecule has 0 bridgehead atoms. The maximum Gasteiger partial charge on any atom is 0.236 e. The first-order chi connectivity index (χ1) is 8.61. The third kappa shape index (κ3) is 6.59. The van der Waals surface area contributed by atoms with Gasteiger partial charge in [-0.1, -0.05) is 20.3 Å². The van der Waals surface area contributed by atoms with Crippen molar-refractivity contribution >= 4 is 18.3 Å². The molecule has 0 radical (unpaired) electrons. The number of likely N-dealkylation sites (tertiary alicyclic amines) is 1. The van der Waals surface area contributed by atoms with Crippen molar-refractivity contribution < 1.29 is 9.53 Å². The van der Waals surface area contributed by atoms with Crippen molar-refractivity contribution in [1.82, 2.24) is 10.2 Å². The van der Waals surface area contributed by atoms with E-state index in [1.165, 1.54) is 19.3 Å². The van der Waals surface area contributed by atoms with Crippen LogP contribution < -0.4 is 5.32 Å². The molecule has 1 rings (SSSR count). The van der Waals surface area contributed by atoms with Gasteiger partial charge in [-0.15, -0.1) is 12.4 Å². The standard InChI is InChI=1S/C14H28N2O2.ClH/c1-4-6-14(2)7-5-9-16(12-14)13(17)11-15-8-10-18-3;/h15H,4-12H2,1-3H3;1H. The first-order valence-electron chi connectivity index (χ1n) is 7.09. The number of carbonyl (C=O) groups excluding carboxylic acids is 1. The number of carbonyl (C=O) groups is 1. The van der Waals surface area contributed by atoms with Gasteiger partial charge in [0.2, 0.25) is 5.91 Å². The summed E-state index contributed by atoms with van der Waals surface area (Å²) in [5, 5.41) is 3.13. The summed E-state index contributed by atoms with van der Waals surface area (Å²) in [4.78, 5) is 14.1. The molecule has 1 N–H and O–H groups in total. The predicted octanol–water partition coefficient (Wildman–Crippen LogP) is 2.07. The molecule has 0 spiro atoms. The number of rotatable bonds is 7. The fourth-order valence-electron chi connectivity index (χ4n) is 2.82. The van der Waals surface area contributed by atoms with Crippen LogP contribution in [0.5, 0.6) is 0 Å². The van der Waals surface area contributed by atoms with Crippen molar-refractivity contribution in [2.75, 3.05) is 39.9 Å². The van der Waals surface area contributed by atoms with Gasteiger partial charge in [0, 0.05) is 26.7 Å². The monoisotopic (exact) mass is 292 g/mol. The average molecular weight is 293 g/mol. The highest BCUT2D eigenvalue weighted by Crippen LogP contribution is 2.33. The Bertz CT molecular complexity index is 260. The number of methoxy groups -OCH3 is 1. The third-order valence-electron chi connectivity index (χ3n) is 3.75. The van der Waals surface area contributed by atoms with Crippen molar-refractivity contribution in [2.45, 2.75) is 39.5 Å². The number of nitrogens with zero attached hydrogens (tertiary/aromatic N) is 1. The Morgan fingerprint density at radius 3 is 2.84 bits per heavy atom. The van der Waals surface area contributed by atoms with Crippen molar-refractivity contribution in [1.29, 1.82) is 0 Å². The molecular weight excluding hydrogens is 264 g/mol. The molecule has 0 aromatic carbocycles. The van der Waals surface area contributed by atoms with E-state index < -0.39 is 0 Å². The van der Waals surface area contributed by atoms with Gasteiger partial charge in [-0.25, -0.2) is 0 Å². The lowest BCUT2D eigenvalue weighted by molar-refractivity contribution is -0.133. The van der Waals surface area contributed by atoms with Crippen LogP contribution in [-0.4, -0.2) is 50.7 Å². The summed E-state index contributed by atoms with van der Waals surface area (Å²) < 4.78 is 4.95. The Morgan fingerprint density at radius 1 is 1.47 bits per heavy atom. The molecule has 5 heteroatoms. The molecule has 0 aromatic rings. The van der Waals surface area contributed by atoms with Crippen molar-refractivity contribution in [3.63, 3.8) is 0 Å². The van der Waals surface area contributed by atoms with Gasteiger partial charge in [0.1, 0.15) is 0 Å². The minimum absolute atomic E-state index is 0. The zero-order valence-electron chi connectivity index (χ0n) is 12.5. The van der Waals surface area contributed by atoms with Gasteiger partial charge in [-0.05, 0) is 24.7 Å². The van der Waals surface area contributed by atoms with Crippen LogP contribution in [0, 0.1) is 5.41 Å². The molecule has 1 amide bonds. The van der Waals surface area contributed by atoms with E-state index in [4.69, 9.17) is 4.74 Å². The van der Waals surface area contributed by atoms with E-state index in [-0.39, 0.29) is 18.3 Å². The van der Waals surface area contributed by atoms with E-state index in [2.05, 4.69) is 19.2 Å². The fourth-order valence-corrected chi connectivity index (χ4v) is 2.82. The number of piperidine rings is 1. The third-order valence-corrected chi connectivity index (χ3v) is 3.75. The maximum absolute atomic E-state index is 12.1. The summed E-state index contributed by atoms with van der Waals surface area (Å²) in [7, 11) is 1.67. The fraction of sp³-hybridized carbons (Fsp3) is 0.929. The lowest BCUT2D eigenvalue weighted by Crippen LogP contribution is -2.47. The molecule has 0 saturated carbocycles. The number of nitrogens with one attached hydrogen (secondary N) is 1. The zero-order valence-corrected chi connectivity index (χ0v) is 13.4. The Morgan fingerprint density at radius 2 is 2.21 bits per heavy atom. The topological polar surface area (TPSA) is 41.6 Å². The number of halogens is 1. The Labute approximate surface area is 123 Å². The summed E-state index contributed by atoms with van der Waals surface area (Å²) >= 11 is 0. The number of ether oxygens (including phenoxy) is 1. The largest absolute Gasteiger partial charge is 0.383 e. The first-order valence-corrected chi connectivity index (χ1v) is 7.09. The van der Waals surface area contributed by atoms with Gasteiger partial charge in [0.05, 0.1) is 13.2 Å². The van der Waals surface area contributed by atoms with E-state index in [1.54, 1.807) is 7.11 Å². The van der Waals surface area contributed by atoms with Crippen LogP contribution in [0.25, 0.3) is 0 Å². The number of hydrogen-bond donors (Lipinski definition) is 1. The molecule has 19 heavy (non-hydrogen) atoms. The van der Waals surface area contributed by atoms with Crippen LogP contribution >= 0.6 is 12.4 Å². The molecule has 1 heterocycles. The minimum atomic E-state index is 0. The van der Waals surface area contributed by atoms with Crippen LogP contribution in [0.1, 0.15) is 39.5 Å². The first kappa shape index (κ1) is 18.7. The highest BCUT2D eigenvalue weighted by atomic mass is 35.5. The van der Waals surface area contributed by atoms with E-state index in [0.717, 1.165) is 26.1 Å². The van der Waals surface area contributed by atoms with Gasteiger partial charge in [0.25, 0.3) is 0 Å². The lowest BCUT2D eigenvalue weighted by Gasteiger charge is -2.40. The second-order valence-electron chi connectivity index (χ2n) is 5.65. The molecular formula is C14H29ClN2O2. The SMILES string of the molecule is CCCC1(C)CCCN(C(=O)CNCCOC)C1.Cl. The molecule has 1 aliphatic rings. The van der Waals surface area contributed by atoms with Crippen molar-refractivity contribution in [3.05, 3.63) is 0 Å². The van der Waals surface area contributed by atoms with Crippen LogP contribution in [0.2, 0.25) is 0 Å². The van der Waals surface area contributed by atoms with Gasteiger partial charge >= 0.3 is 0 Å². The number of hydrogen-bond acceptors (Lipinski definition) is 3. The van der Waals surface area contributed by atoms with Crippen LogP contribution in [0.4, 0.5) is 0 Å². The summed E-state index contributed by atoms with van der Waals surface area (Å²) in [6, 6.07) is 0. The van der Waals surface area contributed by atoms with Gasteiger partial charge < -0.3 is 15.0 Å². The van der Waals surface area contributed by atoms with E-state index >= 15 is 0 Å². The highest BCUT2D eigenvalue weighted by Gasteiger charge is 2.31. The average Bonchev–Trinajstić information content (AvgIpc) is 2.34. The maximum atomic E-state index is 12.1. The second-order valence-corrected chi connectivity index (χ2v) is 5.65. The smallest absolute Gasteiger partial charge is 0.236 e.